The summed E-state index contributed by atoms with van der Waals surface area (Å²) in [6.45, 7) is 0.223. The first kappa shape index (κ1) is 7.27. The molecule has 0 saturated heterocycles. The van der Waals surface area contributed by atoms with Crippen LogP contribution >= 0.6 is 22.9 Å². The molecule has 0 N–H and O–H groups in total. The van der Waals surface area contributed by atoms with Crippen LogP contribution in [0.1, 0.15) is 5.01 Å². The number of halogens is 1. The number of aromatic nitrogens is 2. The molecule has 10 heavy (non-hydrogen) atoms. The molecular formula is C3H2ClN5S. The fraction of sp³-hybridized carbons (Fsp3) is 0.333. The minimum absolute atomic E-state index is 0.223. The second kappa shape index (κ2) is 3.36. The third-order valence-electron chi connectivity index (χ3n) is 0.711. The van der Waals surface area contributed by atoms with Crippen LogP contribution in [0.2, 0.25) is 4.47 Å². The molecule has 5 nitrogen and oxygen atoms in total. The van der Waals surface area contributed by atoms with Crippen molar-refractivity contribution in [2.45, 2.75) is 6.54 Å². The Hall–Kier alpha value is -0.840. The van der Waals surface area contributed by atoms with Gasteiger partial charge in [-0.05, 0) is 17.1 Å². The molecule has 1 aromatic rings. The SMILES string of the molecule is [N-]=[N+]=NCc1nnc(Cl)s1. The Bertz CT molecular complexity index is 264. The Labute approximate surface area is 65.3 Å². The fourth-order valence-electron chi connectivity index (χ4n) is 0.389. The number of azide groups is 1. The van der Waals surface area contributed by atoms with Gasteiger partial charge in [-0.15, -0.1) is 10.2 Å². The van der Waals surface area contributed by atoms with E-state index in [1.807, 2.05) is 0 Å². The Kier molecular flexibility index (Phi) is 2.44. The van der Waals surface area contributed by atoms with Crippen LogP contribution in [0.5, 0.6) is 0 Å². The van der Waals surface area contributed by atoms with Gasteiger partial charge in [-0.3, -0.25) is 0 Å². The van der Waals surface area contributed by atoms with E-state index in [-0.39, 0.29) is 6.54 Å². The van der Waals surface area contributed by atoms with Crippen molar-refractivity contribution in [2.24, 2.45) is 5.11 Å². The van der Waals surface area contributed by atoms with Gasteiger partial charge in [0.2, 0.25) is 4.47 Å². The average Bonchev–Trinajstić information content (AvgIpc) is 2.31. The van der Waals surface area contributed by atoms with Gasteiger partial charge in [0, 0.05) is 4.91 Å². The lowest BCUT2D eigenvalue weighted by Gasteiger charge is -1.76. The Balaban J connectivity index is 2.66. The van der Waals surface area contributed by atoms with E-state index in [9.17, 15) is 0 Å². The summed E-state index contributed by atoms with van der Waals surface area (Å²) in [7, 11) is 0. The summed E-state index contributed by atoms with van der Waals surface area (Å²) in [5.41, 5.74) is 7.92. The van der Waals surface area contributed by atoms with Crippen LogP contribution in [-0.4, -0.2) is 10.2 Å². The van der Waals surface area contributed by atoms with Crippen molar-refractivity contribution in [1.29, 1.82) is 0 Å². The van der Waals surface area contributed by atoms with E-state index in [1.54, 1.807) is 0 Å². The largest absolute Gasteiger partial charge is 0.207 e. The van der Waals surface area contributed by atoms with Gasteiger partial charge in [0.25, 0.3) is 0 Å². The van der Waals surface area contributed by atoms with E-state index < -0.39 is 0 Å². The molecule has 0 saturated carbocycles. The summed E-state index contributed by atoms with van der Waals surface area (Å²) in [5.74, 6) is 0. The lowest BCUT2D eigenvalue weighted by Crippen LogP contribution is -1.76. The molecule has 52 valence electrons. The molecule has 0 aliphatic carbocycles. The highest BCUT2D eigenvalue weighted by Gasteiger charge is 1.97. The minimum Gasteiger partial charge on any atom is -0.142 e. The monoisotopic (exact) mass is 175 g/mol. The highest BCUT2D eigenvalue weighted by molar-refractivity contribution is 7.15. The molecular weight excluding hydrogens is 174 g/mol. The predicted molar refractivity (Wildman–Crippen MR) is 37.8 cm³/mol. The van der Waals surface area contributed by atoms with Crippen molar-refractivity contribution >= 4 is 22.9 Å². The molecule has 0 aliphatic heterocycles. The van der Waals surface area contributed by atoms with E-state index >= 15 is 0 Å². The molecule has 0 radical (unpaired) electrons. The topological polar surface area (TPSA) is 74.5 Å². The molecule has 0 unspecified atom stereocenters. The second-order valence-electron chi connectivity index (χ2n) is 1.34. The first-order valence-electron chi connectivity index (χ1n) is 2.31. The van der Waals surface area contributed by atoms with Crippen molar-refractivity contribution in [1.82, 2.24) is 10.2 Å². The first-order chi connectivity index (χ1) is 4.83. The van der Waals surface area contributed by atoms with E-state index in [0.717, 1.165) is 0 Å². The third kappa shape index (κ3) is 1.84. The second-order valence-corrected chi connectivity index (χ2v) is 2.98. The van der Waals surface area contributed by atoms with E-state index in [1.165, 1.54) is 11.3 Å². The molecule has 0 atom stereocenters. The zero-order valence-corrected chi connectivity index (χ0v) is 6.30. The normalized spacial score (nSPS) is 8.90. The van der Waals surface area contributed by atoms with Gasteiger partial charge in [0.1, 0.15) is 5.01 Å². The third-order valence-corrected chi connectivity index (χ3v) is 1.71. The lowest BCUT2D eigenvalue weighted by molar-refractivity contribution is 0.949. The quantitative estimate of drug-likeness (QED) is 0.392. The molecule has 0 fully saturated rings. The lowest BCUT2D eigenvalue weighted by atomic mass is 10.7. The van der Waals surface area contributed by atoms with Crippen molar-refractivity contribution in [3.63, 3.8) is 0 Å². The maximum Gasteiger partial charge on any atom is 0.207 e. The average molecular weight is 176 g/mol. The highest BCUT2D eigenvalue weighted by atomic mass is 35.5. The van der Waals surface area contributed by atoms with Crippen LogP contribution < -0.4 is 0 Å². The van der Waals surface area contributed by atoms with Crippen LogP contribution in [-0.2, 0) is 6.54 Å². The fourth-order valence-corrected chi connectivity index (χ4v) is 1.17. The van der Waals surface area contributed by atoms with Gasteiger partial charge < -0.3 is 0 Å². The van der Waals surface area contributed by atoms with Gasteiger partial charge in [0.15, 0.2) is 0 Å². The summed E-state index contributed by atoms with van der Waals surface area (Å²) in [6, 6.07) is 0. The standard InChI is InChI=1S/C3H2ClN5S/c4-3-8-7-2(10-3)1-6-9-5/h1H2. The minimum atomic E-state index is 0.223. The van der Waals surface area contributed by atoms with Crippen molar-refractivity contribution in [3.8, 4) is 0 Å². The van der Waals surface area contributed by atoms with Crippen LogP contribution in [0, 0.1) is 0 Å². The molecule has 1 rings (SSSR count). The molecule has 0 aromatic carbocycles. The van der Waals surface area contributed by atoms with Crippen molar-refractivity contribution < 1.29 is 0 Å². The van der Waals surface area contributed by atoms with Gasteiger partial charge in [0.05, 0.1) is 6.54 Å². The number of hydrogen-bond acceptors (Lipinski definition) is 4. The summed E-state index contributed by atoms with van der Waals surface area (Å²) in [4.78, 5) is 2.56. The van der Waals surface area contributed by atoms with Crippen LogP contribution in [0.25, 0.3) is 10.4 Å². The Morgan fingerprint density at radius 2 is 2.50 bits per heavy atom. The molecule has 1 aromatic heterocycles. The number of rotatable bonds is 2. The summed E-state index contributed by atoms with van der Waals surface area (Å²) >= 11 is 6.66. The molecule has 0 aliphatic rings. The van der Waals surface area contributed by atoms with Crippen LogP contribution in [0.3, 0.4) is 0 Å². The number of hydrogen-bond donors (Lipinski definition) is 0. The summed E-state index contributed by atoms with van der Waals surface area (Å²) in [5, 5.41) is 11.1. The van der Waals surface area contributed by atoms with Crippen LogP contribution in [0.4, 0.5) is 0 Å². The molecule has 0 amide bonds. The van der Waals surface area contributed by atoms with Crippen molar-refractivity contribution in [3.05, 3.63) is 19.9 Å². The Morgan fingerprint density at radius 1 is 1.70 bits per heavy atom. The van der Waals surface area contributed by atoms with Gasteiger partial charge in [-0.2, -0.15) is 0 Å². The first-order valence-corrected chi connectivity index (χ1v) is 3.51. The maximum atomic E-state index is 7.92. The molecule has 0 spiro atoms. The summed E-state index contributed by atoms with van der Waals surface area (Å²) in [6.07, 6.45) is 0. The number of nitrogens with zero attached hydrogens (tertiary/aromatic N) is 5. The van der Waals surface area contributed by atoms with Crippen molar-refractivity contribution in [2.75, 3.05) is 0 Å². The van der Waals surface area contributed by atoms with E-state index in [2.05, 4.69) is 20.2 Å². The molecule has 7 heteroatoms. The maximum absolute atomic E-state index is 7.92. The smallest absolute Gasteiger partial charge is 0.142 e. The highest BCUT2D eigenvalue weighted by Crippen LogP contribution is 2.15. The van der Waals surface area contributed by atoms with E-state index in [4.69, 9.17) is 17.1 Å². The van der Waals surface area contributed by atoms with E-state index in [0.29, 0.717) is 9.47 Å². The predicted octanol–water partition coefficient (Wildman–Crippen LogP) is 2.00. The summed E-state index contributed by atoms with van der Waals surface area (Å²) < 4.78 is 0.364. The van der Waals surface area contributed by atoms with Gasteiger partial charge in [-0.25, -0.2) is 0 Å². The Morgan fingerprint density at radius 3 is 3.00 bits per heavy atom. The molecule has 1 heterocycles. The zero-order valence-electron chi connectivity index (χ0n) is 4.73. The van der Waals surface area contributed by atoms with Gasteiger partial charge in [-0.1, -0.05) is 16.5 Å². The molecule has 0 bridgehead atoms. The van der Waals surface area contributed by atoms with Gasteiger partial charge >= 0.3 is 0 Å². The zero-order chi connectivity index (χ0) is 7.40. The van der Waals surface area contributed by atoms with Crippen LogP contribution in [0.15, 0.2) is 5.11 Å².